The minimum absolute atomic E-state index is 0.0913. The molecule has 1 aliphatic heterocycles. The van der Waals surface area contributed by atoms with Crippen molar-refractivity contribution < 1.29 is 4.79 Å². The summed E-state index contributed by atoms with van der Waals surface area (Å²) in [4.78, 5) is 12.3. The quantitative estimate of drug-likeness (QED) is 0.713. The van der Waals surface area contributed by atoms with Crippen molar-refractivity contribution in [3.8, 4) is 0 Å². The van der Waals surface area contributed by atoms with Crippen LogP contribution >= 0.6 is 0 Å². The third kappa shape index (κ3) is 1.80. The highest BCUT2D eigenvalue weighted by Gasteiger charge is 2.49. The molecule has 3 heteroatoms. The van der Waals surface area contributed by atoms with Crippen LogP contribution in [0.5, 0.6) is 0 Å². The van der Waals surface area contributed by atoms with Crippen molar-refractivity contribution in [2.24, 2.45) is 0 Å². The second kappa shape index (κ2) is 4.04. The Kier molecular flexibility index (Phi) is 2.92. The maximum atomic E-state index is 12.3. The van der Waals surface area contributed by atoms with Gasteiger partial charge in [0.05, 0.1) is 5.54 Å². The molecular weight excluding hydrogens is 226 g/mol. The summed E-state index contributed by atoms with van der Waals surface area (Å²) >= 11 is 0. The van der Waals surface area contributed by atoms with Crippen LogP contribution in [-0.4, -0.2) is 21.9 Å². The number of nitrogens with zero attached hydrogens (tertiary/aromatic N) is 1. The Morgan fingerprint density at radius 1 is 1.06 bits per heavy atom. The largest absolute Gasteiger partial charge is 0.784 e. The predicted octanol–water partition coefficient (Wildman–Crippen LogP) is 3.01. The zero-order chi connectivity index (χ0) is 13.6. The van der Waals surface area contributed by atoms with Gasteiger partial charge >= 0.3 is 0 Å². The van der Waals surface area contributed by atoms with E-state index in [0.29, 0.717) is 5.57 Å². The van der Waals surface area contributed by atoms with Crippen molar-refractivity contribution in [1.29, 1.82) is 0 Å². The lowest BCUT2D eigenvalue weighted by molar-refractivity contribution is -0.120. The first-order chi connectivity index (χ1) is 8.28. The molecule has 0 unspecified atom stereocenters. The van der Waals surface area contributed by atoms with E-state index in [1.54, 1.807) is 27.7 Å². The number of rotatable bonds is 1. The Labute approximate surface area is 108 Å². The van der Waals surface area contributed by atoms with Crippen LogP contribution in [0.15, 0.2) is 35.9 Å². The number of carbonyl (C=O) groups excluding carboxylic acids is 1. The minimum atomic E-state index is -0.982. The summed E-state index contributed by atoms with van der Waals surface area (Å²) in [7, 11) is 0. The summed E-state index contributed by atoms with van der Waals surface area (Å²) in [5.74, 6) is -0.0913. The Balaban J connectivity index is 2.51. The zero-order valence-corrected chi connectivity index (χ0v) is 11.2. The number of hydrogen-bond donors (Lipinski definition) is 0. The van der Waals surface area contributed by atoms with Crippen molar-refractivity contribution in [3.05, 3.63) is 46.7 Å². The molecule has 0 N–H and O–H groups in total. The molecule has 1 fully saturated rings. The van der Waals surface area contributed by atoms with E-state index in [1.165, 1.54) is 0 Å². The third-order valence-electron chi connectivity index (χ3n) is 3.59. The molecule has 0 amide bonds. The average Bonchev–Trinajstić information content (AvgIpc) is 2.44. The van der Waals surface area contributed by atoms with Crippen LogP contribution in [0, 0.1) is 5.21 Å². The van der Waals surface area contributed by atoms with E-state index in [0.717, 1.165) is 10.6 Å². The molecule has 96 valence electrons. The maximum Gasteiger partial charge on any atom is 0.179 e. The molecule has 0 atom stereocenters. The first-order valence-corrected chi connectivity index (χ1v) is 6.07. The molecule has 0 radical (unpaired) electrons. The van der Waals surface area contributed by atoms with Gasteiger partial charge < -0.3 is 10.3 Å². The van der Waals surface area contributed by atoms with Crippen LogP contribution in [0.4, 0.5) is 0 Å². The van der Waals surface area contributed by atoms with E-state index in [-0.39, 0.29) is 5.78 Å². The van der Waals surface area contributed by atoms with Gasteiger partial charge in [0.15, 0.2) is 5.78 Å². The second-order valence-electron chi connectivity index (χ2n) is 5.71. The normalized spacial score (nSPS) is 24.7. The number of hydroxylamine groups is 2. The molecular formula is C15H18NO2-. The van der Waals surface area contributed by atoms with E-state index in [2.05, 4.69) is 0 Å². The van der Waals surface area contributed by atoms with Crippen LogP contribution in [0.3, 0.4) is 0 Å². The molecule has 18 heavy (non-hydrogen) atoms. The van der Waals surface area contributed by atoms with Gasteiger partial charge in [0.2, 0.25) is 0 Å². The number of hydrogen-bond acceptors (Lipinski definition) is 3. The van der Waals surface area contributed by atoms with Crippen molar-refractivity contribution in [3.63, 3.8) is 0 Å². The van der Waals surface area contributed by atoms with Gasteiger partial charge in [0.25, 0.3) is 0 Å². The van der Waals surface area contributed by atoms with E-state index in [1.807, 2.05) is 36.4 Å². The Hall–Kier alpha value is -1.45. The van der Waals surface area contributed by atoms with E-state index >= 15 is 0 Å². The van der Waals surface area contributed by atoms with Gasteiger partial charge in [-0.15, -0.1) is 0 Å². The summed E-state index contributed by atoms with van der Waals surface area (Å²) in [6.45, 7) is 6.94. The summed E-state index contributed by atoms with van der Waals surface area (Å²) in [5, 5.41) is 13.1. The number of carbonyl (C=O) groups is 1. The van der Waals surface area contributed by atoms with Crippen molar-refractivity contribution in [1.82, 2.24) is 5.06 Å². The van der Waals surface area contributed by atoms with Gasteiger partial charge in [-0.25, -0.2) is 0 Å². The third-order valence-corrected chi connectivity index (χ3v) is 3.59. The number of ketones is 1. The topological polar surface area (TPSA) is 43.4 Å². The minimum Gasteiger partial charge on any atom is -0.784 e. The molecule has 1 heterocycles. The van der Waals surface area contributed by atoms with E-state index in [9.17, 15) is 10.0 Å². The highest BCUT2D eigenvalue weighted by atomic mass is 16.5. The molecule has 0 saturated carbocycles. The SMILES string of the molecule is CC1(C)C(=O)C(=Cc2ccccc2)C(C)(C)N1[O-]. The molecule has 1 aromatic rings. The lowest BCUT2D eigenvalue weighted by Gasteiger charge is -2.44. The molecule has 0 bridgehead atoms. The van der Waals surface area contributed by atoms with Crippen molar-refractivity contribution in [2.45, 2.75) is 38.8 Å². The van der Waals surface area contributed by atoms with Gasteiger partial charge in [0.1, 0.15) is 0 Å². The fourth-order valence-electron chi connectivity index (χ4n) is 2.47. The molecule has 0 spiro atoms. The van der Waals surface area contributed by atoms with E-state index in [4.69, 9.17) is 0 Å². The Morgan fingerprint density at radius 3 is 2.06 bits per heavy atom. The predicted molar refractivity (Wildman–Crippen MR) is 72.8 cm³/mol. The monoisotopic (exact) mass is 244 g/mol. The van der Waals surface area contributed by atoms with Gasteiger partial charge in [-0.2, -0.15) is 0 Å². The standard InChI is InChI=1S/C15H18NO2/c1-14(2)12(10-11-8-6-5-7-9-11)13(17)15(3,4)16(14)18/h5-10H,1-4H3/q-1. The van der Waals surface area contributed by atoms with Crippen LogP contribution in [0.1, 0.15) is 33.3 Å². The fraction of sp³-hybridized carbons (Fsp3) is 0.400. The number of Topliss-reactive ketones (excluding diaryl/α,β-unsaturated/α-hetero) is 1. The first-order valence-electron chi connectivity index (χ1n) is 6.07. The Bertz CT molecular complexity index is 500. The average molecular weight is 244 g/mol. The van der Waals surface area contributed by atoms with Crippen LogP contribution in [0.2, 0.25) is 0 Å². The van der Waals surface area contributed by atoms with Gasteiger partial charge in [0, 0.05) is 11.1 Å². The van der Waals surface area contributed by atoms with Crippen LogP contribution in [0.25, 0.3) is 6.08 Å². The maximum absolute atomic E-state index is 12.3. The summed E-state index contributed by atoms with van der Waals surface area (Å²) < 4.78 is 0. The van der Waals surface area contributed by atoms with Crippen LogP contribution in [-0.2, 0) is 4.79 Å². The van der Waals surface area contributed by atoms with E-state index < -0.39 is 11.1 Å². The molecule has 1 saturated heterocycles. The van der Waals surface area contributed by atoms with Gasteiger partial charge in [-0.05, 0) is 39.3 Å². The van der Waals surface area contributed by atoms with Gasteiger partial charge in [-0.1, -0.05) is 30.3 Å². The van der Waals surface area contributed by atoms with Crippen molar-refractivity contribution >= 4 is 11.9 Å². The lowest BCUT2D eigenvalue weighted by Crippen LogP contribution is -2.45. The number of benzene rings is 1. The molecule has 1 aliphatic rings. The summed E-state index contributed by atoms with van der Waals surface area (Å²) in [6.07, 6.45) is 1.82. The highest BCUT2D eigenvalue weighted by molar-refractivity contribution is 6.09. The van der Waals surface area contributed by atoms with Crippen LogP contribution < -0.4 is 0 Å². The summed E-state index contributed by atoms with van der Waals surface area (Å²) in [6, 6.07) is 9.61. The lowest BCUT2D eigenvalue weighted by atomic mass is 9.91. The fourth-order valence-corrected chi connectivity index (χ4v) is 2.47. The van der Waals surface area contributed by atoms with Gasteiger partial charge in [-0.3, -0.25) is 4.79 Å². The summed E-state index contributed by atoms with van der Waals surface area (Å²) in [5.41, 5.74) is -0.241. The van der Waals surface area contributed by atoms with Crippen molar-refractivity contribution in [2.75, 3.05) is 0 Å². The molecule has 2 rings (SSSR count). The zero-order valence-electron chi connectivity index (χ0n) is 11.2. The molecule has 0 aliphatic carbocycles. The molecule has 0 aromatic heterocycles. The second-order valence-corrected chi connectivity index (χ2v) is 5.71. The Morgan fingerprint density at radius 2 is 1.61 bits per heavy atom. The molecule has 3 nitrogen and oxygen atoms in total. The smallest absolute Gasteiger partial charge is 0.179 e. The highest BCUT2D eigenvalue weighted by Crippen LogP contribution is 2.41. The first kappa shape index (κ1) is 13.0. The molecule has 1 aromatic carbocycles.